The second kappa shape index (κ2) is 7.75. The van der Waals surface area contributed by atoms with Gasteiger partial charge in [-0.1, -0.05) is 11.3 Å². The molecule has 0 unspecified atom stereocenters. The standard InChI is InChI=1S/C16H24N6O2S/c1-10-12(8-22(6)19-10)7-21(5)9-13(23)18-16-17-11(2)14(25-16)15(24)20(3)4/h8H,7,9H2,1-6H3,(H,17,18,23). The second-order valence-corrected chi connectivity index (χ2v) is 7.27. The molecule has 25 heavy (non-hydrogen) atoms. The van der Waals surface area contributed by atoms with Crippen molar-refractivity contribution in [1.29, 1.82) is 0 Å². The fourth-order valence-corrected chi connectivity index (χ4v) is 3.41. The molecule has 0 aliphatic heterocycles. The Morgan fingerprint density at radius 3 is 2.48 bits per heavy atom. The highest BCUT2D eigenvalue weighted by Gasteiger charge is 2.18. The zero-order valence-electron chi connectivity index (χ0n) is 15.5. The lowest BCUT2D eigenvalue weighted by Gasteiger charge is -2.15. The van der Waals surface area contributed by atoms with Gasteiger partial charge in [0.05, 0.1) is 17.9 Å². The molecule has 0 bridgehead atoms. The molecule has 8 nitrogen and oxygen atoms in total. The van der Waals surface area contributed by atoms with E-state index in [-0.39, 0.29) is 18.4 Å². The molecule has 2 rings (SSSR count). The van der Waals surface area contributed by atoms with E-state index >= 15 is 0 Å². The third kappa shape index (κ3) is 4.86. The molecular formula is C16H24N6O2S. The van der Waals surface area contributed by atoms with Crippen LogP contribution in [0.1, 0.15) is 26.6 Å². The van der Waals surface area contributed by atoms with Gasteiger partial charge in [0.15, 0.2) is 5.13 Å². The van der Waals surface area contributed by atoms with Crippen LogP contribution in [-0.2, 0) is 18.4 Å². The van der Waals surface area contributed by atoms with E-state index < -0.39 is 0 Å². The number of thiazole rings is 1. The summed E-state index contributed by atoms with van der Waals surface area (Å²) in [7, 11) is 7.13. The molecule has 2 aromatic heterocycles. The van der Waals surface area contributed by atoms with Gasteiger partial charge in [-0.05, 0) is 20.9 Å². The predicted molar refractivity (Wildman–Crippen MR) is 97.8 cm³/mol. The summed E-state index contributed by atoms with van der Waals surface area (Å²) in [6.07, 6.45) is 1.95. The maximum absolute atomic E-state index is 12.2. The van der Waals surface area contributed by atoms with Gasteiger partial charge < -0.3 is 10.2 Å². The van der Waals surface area contributed by atoms with E-state index in [1.54, 1.807) is 25.7 Å². The van der Waals surface area contributed by atoms with Crippen molar-refractivity contribution in [3.8, 4) is 0 Å². The highest BCUT2D eigenvalue weighted by Crippen LogP contribution is 2.23. The van der Waals surface area contributed by atoms with Gasteiger partial charge in [-0.2, -0.15) is 5.10 Å². The Morgan fingerprint density at radius 1 is 1.24 bits per heavy atom. The van der Waals surface area contributed by atoms with Crippen molar-refractivity contribution in [2.45, 2.75) is 20.4 Å². The molecule has 0 saturated heterocycles. The lowest BCUT2D eigenvalue weighted by molar-refractivity contribution is -0.117. The van der Waals surface area contributed by atoms with Crippen LogP contribution in [0.2, 0.25) is 0 Å². The fourth-order valence-electron chi connectivity index (χ4n) is 2.41. The highest BCUT2D eigenvalue weighted by molar-refractivity contribution is 7.17. The number of aryl methyl sites for hydroxylation is 3. The molecule has 0 saturated carbocycles. The lowest BCUT2D eigenvalue weighted by atomic mass is 10.2. The first-order chi connectivity index (χ1) is 11.7. The van der Waals surface area contributed by atoms with Gasteiger partial charge in [0.25, 0.3) is 5.91 Å². The Kier molecular flexibility index (Phi) is 5.91. The highest BCUT2D eigenvalue weighted by atomic mass is 32.1. The largest absolute Gasteiger partial charge is 0.344 e. The Hall–Kier alpha value is -2.26. The molecule has 0 aliphatic rings. The molecule has 0 fully saturated rings. The summed E-state index contributed by atoms with van der Waals surface area (Å²) in [4.78, 5) is 32.5. The smallest absolute Gasteiger partial charge is 0.265 e. The van der Waals surface area contributed by atoms with Crippen LogP contribution in [0.3, 0.4) is 0 Å². The fraction of sp³-hybridized carbons (Fsp3) is 0.500. The van der Waals surface area contributed by atoms with Crippen molar-refractivity contribution in [2.75, 3.05) is 33.0 Å². The van der Waals surface area contributed by atoms with Crippen molar-refractivity contribution in [1.82, 2.24) is 24.6 Å². The van der Waals surface area contributed by atoms with Gasteiger partial charge in [-0.3, -0.25) is 19.2 Å². The predicted octanol–water partition coefficient (Wildman–Crippen LogP) is 1.27. The molecule has 0 radical (unpaired) electrons. The van der Waals surface area contributed by atoms with Gasteiger partial charge in [0.2, 0.25) is 5.91 Å². The summed E-state index contributed by atoms with van der Waals surface area (Å²) in [5, 5.41) is 7.51. The Bertz CT molecular complexity index is 780. The van der Waals surface area contributed by atoms with E-state index in [0.29, 0.717) is 22.2 Å². The SMILES string of the molecule is Cc1nn(C)cc1CN(C)CC(=O)Nc1nc(C)c(C(=O)N(C)C)s1. The van der Waals surface area contributed by atoms with Gasteiger partial charge in [-0.25, -0.2) is 4.98 Å². The number of rotatable bonds is 6. The van der Waals surface area contributed by atoms with E-state index in [1.807, 2.05) is 32.1 Å². The van der Waals surface area contributed by atoms with Crippen LogP contribution in [0.4, 0.5) is 5.13 Å². The third-order valence-electron chi connectivity index (χ3n) is 3.61. The zero-order valence-corrected chi connectivity index (χ0v) is 16.3. The van der Waals surface area contributed by atoms with Crippen LogP contribution in [0.5, 0.6) is 0 Å². The van der Waals surface area contributed by atoms with Crippen LogP contribution in [-0.4, -0.2) is 64.1 Å². The first kappa shape index (κ1) is 19.1. The van der Waals surface area contributed by atoms with Crippen LogP contribution < -0.4 is 5.32 Å². The maximum Gasteiger partial charge on any atom is 0.265 e. The lowest BCUT2D eigenvalue weighted by Crippen LogP contribution is -2.29. The molecule has 1 N–H and O–H groups in total. The van der Waals surface area contributed by atoms with Crippen molar-refractivity contribution in [3.63, 3.8) is 0 Å². The summed E-state index contributed by atoms with van der Waals surface area (Å²) >= 11 is 1.19. The van der Waals surface area contributed by atoms with Gasteiger partial charge in [0.1, 0.15) is 4.88 Å². The first-order valence-corrected chi connectivity index (χ1v) is 8.65. The van der Waals surface area contributed by atoms with E-state index in [2.05, 4.69) is 15.4 Å². The Morgan fingerprint density at radius 2 is 1.92 bits per heavy atom. The zero-order chi connectivity index (χ0) is 18.7. The topological polar surface area (TPSA) is 83.4 Å². The van der Waals surface area contributed by atoms with Crippen molar-refractivity contribution in [3.05, 3.63) is 28.0 Å². The number of hydrogen-bond acceptors (Lipinski definition) is 6. The number of carbonyl (C=O) groups is 2. The number of nitrogens with zero attached hydrogens (tertiary/aromatic N) is 5. The van der Waals surface area contributed by atoms with Crippen LogP contribution in [0.25, 0.3) is 0 Å². The van der Waals surface area contributed by atoms with E-state index in [1.165, 1.54) is 16.2 Å². The van der Waals surface area contributed by atoms with Crippen molar-refractivity contribution in [2.24, 2.45) is 7.05 Å². The minimum Gasteiger partial charge on any atom is -0.344 e. The number of aromatic nitrogens is 3. The molecule has 0 aliphatic carbocycles. The van der Waals surface area contributed by atoms with E-state index in [0.717, 1.165) is 11.3 Å². The Balaban J connectivity index is 1.95. The van der Waals surface area contributed by atoms with Crippen LogP contribution in [0.15, 0.2) is 6.20 Å². The van der Waals surface area contributed by atoms with E-state index in [4.69, 9.17) is 0 Å². The molecule has 2 heterocycles. The number of hydrogen-bond donors (Lipinski definition) is 1. The monoisotopic (exact) mass is 364 g/mol. The van der Waals surface area contributed by atoms with Gasteiger partial charge >= 0.3 is 0 Å². The summed E-state index contributed by atoms with van der Waals surface area (Å²) in [6.45, 7) is 4.57. The van der Waals surface area contributed by atoms with Crippen molar-refractivity contribution >= 4 is 28.3 Å². The van der Waals surface area contributed by atoms with Crippen LogP contribution >= 0.6 is 11.3 Å². The molecule has 136 valence electrons. The molecule has 2 amide bonds. The average Bonchev–Trinajstić information content (AvgIpc) is 2.99. The molecule has 0 atom stereocenters. The maximum atomic E-state index is 12.2. The number of anilines is 1. The van der Waals surface area contributed by atoms with Crippen LogP contribution in [0, 0.1) is 13.8 Å². The molecule has 9 heteroatoms. The quantitative estimate of drug-likeness (QED) is 0.834. The van der Waals surface area contributed by atoms with Gasteiger partial charge in [0, 0.05) is 39.4 Å². The number of nitrogens with one attached hydrogen (secondary N) is 1. The molecule has 0 aromatic carbocycles. The van der Waals surface area contributed by atoms with E-state index in [9.17, 15) is 9.59 Å². The Labute approximate surface area is 151 Å². The summed E-state index contributed by atoms with van der Waals surface area (Å²) in [6, 6.07) is 0. The molecule has 0 spiro atoms. The minimum absolute atomic E-state index is 0.111. The number of amides is 2. The third-order valence-corrected chi connectivity index (χ3v) is 4.67. The summed E-state index contributed by atoms with van der Waals surface area (Å²) < 4.78 is 1.76. The number of carbonyl (C=O) groups excluding carboxylic acids is 2. The second-order valence-electron chi connectivity index (χ2n) is 6.27. The number of likely N-dealkylation sites (N-methyl/N-ethyl adjacent to an activating group) is 1. The summed E-state index contributed by atoms with van der Waals surface area (Å²) in [5.41, 5.74) is 2.66. The minimum atomic E-state index is -0.165. The van der Waals surface area contributed by atoms with Gasteiger partial charge in [-0.15, -0.1) is 0 Å². The van der Waals surface area contributed by atoms with Crippen molar-refractivity contribution < 1.29 is 9.59 Å². The molecular weight excluding hydrogens is 340 g/mol. The average molecular weight is 364 g/mol. The first-order valence-electron chi connectivity index (χ1n) is 7.84. The normalized spacial score (nSPS) is 11.0. The summed E-state index contributed by atoms with van der Waals surface area (Å²) in [5.74, 6) is -0.277. The molecule has 2 aromatic rings.